The van der Waals surface area contributed by atoms with Gasteiger partial charge in [0.1, 0.15) is 0 Å². The zero-order valence-electron chi connectivity index (χ0n) is 10.00. The van der Waals surface area contributed by atoms with Crippen LogP contribution in [0.4, 0.5) is 0 Å². The van der Waals surface area contributed by atoms with Gasteiger partial charge >= 0.3 is 0 Å². The molecular weight excluding hydrogens is 208 g/mol. The highest BCUT2D eigenvalue weighted by Gasteiger charge is 2.19. The van der Waals surface area contributed by atoms with Gasteiger partial charge < -0.3 is 5.32 Å². The van der Waals surface area contributed by atoms with Gasteiger partial charge in [0.15, 0.2) is 0 Å². The minimum Gasteiger partial charge on any atom is -0.315 e. The maximum Gasteiger partial charge on any atom is 0.0363 e. The van der Waals surface area contributed by atoms with E-state index in [2.05, 4.69) is 24.1 Å². The molecule has 0 aliphatic carbocycles. The Balaban J connectivity index is 2.11. The summed E-state index contributed by atoms with van der Waals surface area (Å²) in [6.07, 6.45) is 2.51. The van der Waals surface area contributed by atoms with Crippen LogP contribution in [0.15, 0.2) is 0 Å². The lowest BCUT2D eigenvalue weighted by atomic mass is 10.2. The molecule has 1 saturated heterocycles. The van der Waals surface area contributed by atoms with Crippen molar-refractivity contribution in [2.45, 2.75) is 32.7 Å². The van der Waals surface area contributed by atoms with Crippen LogP contribution in [0.25, 0.3) is 0 Å². The Morgan fingerprint density at radius 3 is 2.67 bits per heavy atom. The number of rotatable bonds is 6. The molecule has 0 spiro atoms. The number of hydrogen-bond acceptors (Lipinski definition) is 3. The largest absolute Gasteiger partial charge is 0.315 e. The molecule has 1 fully saturated rings. The Morgan fingerprint density at radius 2 is 2.07 bits per heavy atom. The zero-order valence-corrected chi connectivity index (χ0v) is 10.8. The van der Waals surface area contributed by atoms with Crippen molar-refractivity contribution < 1.29 is 4.21 Å². The minimum atomic E-state index is -0.548. The first-order valence-corrected chi connectivity index (χ1v) is 7.52. The van der Waals surface area contributed by atoms with Crippen molar-refractivity contribution in [3.8, 4) is 0 Å². The summed E-state index contributed by atoms with van der Waals surface area (Å²) in [4.78, 5) is 2.44. The van der Waals surface area contributed by atoms with Crippen LogP contribution < -0.4 is 5.32 Å². The highest BCUT2D eigenvalue weighted by molar-refractivity contribution is 7.85. The molecule has 0 bridgehead atoms. The summed E-state index contributed by atoms with van der Waals surface area (Å²) >= 11 is 0. The molecule has 0 saturated carbocycles. The smallest absolute Gasteiger partial charge is 0.0363 e. The summed E-state index contributed by atoms with van der Waals surface area (Å²) in [5.74, 6) is 1.72. The van der Waals surface area contributed by atoms with E-state index >= 15 is 0 Å². The molecule has 1 rings (SSSR count). The third-order valence-electron chi connectivity index (χ3n) is 2.98. The zero-order chi connectivity index (χ0) is 11.1. The van der Waals surface area contributed by atoms with Crippen molar-refractivity contribution in [2.24, 2.45) is 0 Å². The van der Waals surface area contributed by atoms with Crippen molar-refractivity contribution in [2.75, 3.05) is 37.7 Å². The summed E-state index contributed by atoms with van der Waals surface area (Å²) < 4.78 is 11.2. The van der Waals surface area contributed by atoms with Gasteiger partial charge in [-0.3, -0.25) is 9.11 Å². The lowest BCUT2D eigenvalue weighted by Gasteiger charge is -2.32. The quantitative estimate of drug-likeness (QED) is 0.689. The van der Waals surface area contributed by atoms with Crippen LogP contribution >= 0.6 is 0 Å². The normalized spacial score (nSPS) is 21.7. The summed E-state index contributed by atoms with van der Waals surface area (Å²) in [6, 6.07) is 0.583. The fourth-order valence-corrected chi connectivity index (χ4v) is 2.92. The molecule has 1 atom stereocenters. The molecule has 0 amide bonds. The Hall–Kier alpha value is 0.0700. The van der Waals surface area contributed by atoms with Gasteiger partial charge in [0.05, 0.1) is 0 Å². The Morgan fingerprint density at radius 1 is 1.40 bits per heavy atom. The molecule has 4 heteroatoms. The third-order valence-corrected chi connectivity index (χ3v) is 4.26. The maximum absolute atomic E-state index is 11.2. The Kier molecular flexibility index (Phi) is 6.45. The summed E-state index contributed by atoms with van der Waals surface area (Å²) in [5.41, 5.74) is 0. The van der Waals surface area contributed by atoms with Crippen LogP contribution in [-0.4, -0.2) is 52.8 Å². The first-order valence-electron chi connectivity index (χ1n) is 6.03. The molecule has 15 heavy (non-hydrogen) atoms. The lowest BCUT2D eigenvalue weighted by molar-refractivity contribution is 0.223. The summed E-state index contributed by atoms with van der Waals surface area (Å²) in [6.45, 7) is 8.66. The Bertz CT molecular complexity index is 189. The van der Waals surface area contributed by atoms with Gasteiger partial charge in [0, 0.05) is 48.0 Å². The monoisotopic (exact) mass is 232 g/mol. The third kappa shape index (κ3) is 5.09. The van der Waals surface area contributed by atoms with Gasteiger partial charge in [-0.05, 0) is 19.9 Å². The number of hydrogen-bond donors (Lipinski definition) is 1. The van der Waals surface area contributed by atoms with Crippen molar-refractivity contribution in [1.82, 2.24) is 10.2 Å². The van der Waals surface area contributed by atoms with Crippen LogP contribution in [0, 0.1) is 0 Å². The molecule has 0 aromatic carbocycles. The SMILES string of the molecule is CCCCNCC(C)N1CCS(=O)CC1. The van der Waals surface area contributed by atoms with Crippen LogP contribution in [-0.2, 0) is 10.8 Å². The summed E-state index contributed by atoms with van der Waals surface area (Å²) in [7, 11) is -0.548. The highest BCUT2D eigenvalue weighted by atomic mass is 32.2. The molecule has 3 nitrogen and oxygen atoms in total. The minimum absolute atomic E-state index is 0.548. The van der Waals surface area contributed by atoms with Crippen molar-refractivity contribution >= 4 is 10.8 Å². The van der Waals surface area contributed by atoms with Gasteiger partial charge in [-0.25, -0.2) is 0 Å². The van der Waals surface area contributed by atoms with E-state index in [-0.39, 0.29) is 0 Å². The predicted octanol–water partition coefficient (Wildman–Crippen LogP) is 0.829. The van der Waals surface area contributed by atoms with E-state index in [4.69, 9.17) is 0 Å². The molecule has 1 heterocycles. The van der Waals surface area contributed by atoms with E-state index in [0.29, 0.717) is 6.04 Å². The van der Waals surface area contributed by atoms with Crippen molar-refractivity contribution in [3.63, 3.8) is 0 Å². The van der Waals surface area contributed by atoms with Crippen LogP contribution in [0.2, 0.25) is 0 Å². The average Bonchev–Trinajstić information content (AvgIpc) is 2.25. The fourth-order valence-electron chi connectivity index (χ4n) is 1.83. The van der Waals surface area contributed by atoms with Crippen LogP contribution in [0.3, 0.4) is 0 Å². The molecule has 1 N–H and O–H groups in total. The van der Waals surface area contributed by atoms with Gasteiger partial charge in [0.2, 0.25) is 0 Å². The topological polar surface area (TPSA) is 32.3 Å². The second-order valence-corrected chi connectivity index (χ2v) is 5.99. The first kappa shape index (κ1) is 13.1. The van der Waals surface area contributed by atoms with E-state index in [1.807, 2.05) is 0 Å². The van der Waals surface area contributed by atoms with Gasteiger partial charge in [-0.15, -0.1) is 0 Å². The van der Waals surface area contributed by atoms with E-state index in [1.165, 1.54) is 12.8 Å². The standard InChI is InChI=1S/C11H24N2OS/c1-3-4-5-12-10-11(2)13-6-8-15(14)9-7-13/h11-12H,3-10H2,1-2H3. The summed E-state index contributed by atoms with van der Waals surface area (Å²) in [5, 5.41) is 3.48. The van der Waals surface area contributed by atoms with Crippen molar-refractivity contribution in [3.05, 3.63) is 0 Å². The van der Waals surface area contributed by atoms with E-state index < -0.39 is 10.8 Å². The molecule has 1 unspecified atom stereocenters. The average molecular weight is 232 g/mol. The van der Waals surface area contributed by atoms with Crippen LogP contribution in [0.1, 0.15) is 26.7 Å². The Labute approximate surface area is 96.1 Å². The second-order valence-electron chi connectivity index (χ2n) is 4.29. The molecular formula is C11H24N2OS. The molecule has 0 aromatic rings. The molecule has 1 aliphatic heterocycles. The lowest BCUT2D eigenvalue weighted by Crippen LogP contribution is -2.47. The number of nitrogens with zero attached hydrogens (tertiary/aromatic N) is 1. The first-order chi connectivity index (χ1) is 7.24. The number of nitrogens with one attached hydrogen (secondary N) is 1. The van der Waals surface area contributed by atoms with E-state index in [1.54, 1.807) is 0 Å². The fraction of sp³-hybridized carbons (Fsp3) is 1.00. The second kappa shape index (κ2) is 7.36. The van der Waals surface area contributed by atoms with Crippen LogP contribution in [0.5, 0.6) is 0 Å². The van der Waals surface area contributed by atoms with Gasteiger partial charge in [-0.2, -0.15) is 0 Å². The molecule has 0 radical (unpaired) electrons. The molecule has 90 valence electrons. The highest BCUT2D eigenvalue weighted by Crippen LogP contribution is 2.04. The number of unbranched alkanes of at least 4 members (excludes halogenated alkanes) is 1. The van der Waals surface area contributed by atoms with Gasteiger partial charge in [0.25, 0.3) is 0 Å². The van der Waals surface area contributed by atoms with E-state index in [9.17, 15) is 4.21 Å². The van der Waals surface area contributed by atoms with Crippen molar-refractivity contribution in [1.29, 1.82) is 0 Å². The molecule has 0 aromatic heterocycles. The van der Waals surface area contributed by atoms with Gasteiger partial charge in [-0.1, -0.05) is 13.3 Å². The molecule has 1 aliphatic rings. The van der Waals surface area contributed by atoms with E-state index in [0.717, 1.165) is 37.7 Å². The maximum atomic E-state index is 11.2. The predicted molar refractivity (Wildman–Crippen MR) is 66.7 cm³/mol.